The molecule has 0 atom stereocenters. The van der Waals surface area contributed by atoms with Crippen LogP contribution in [0.15, 0.2) is 34.8 Å². The highest BCUT2D eigenvalue weighted by Gasteiger charge is 2.01. The van der Waals surface area contributed by atoms with Crippen LogP contribution >= 0.6 is 15.9 Å². The fourth-order valence-corrected chi connectivity index (χ4v) is 2.17. The first-order valence-electron chi connectivity index (χ1n) is 4.62. The van der Waals surface area contributed by atoms with Crippen molar-refractivity contribution >= 4 is 26.7 Å². The maximum Gasteiger partial charge on any atom is 0.117 e. The minimum Gasteiger partial charge on any atom is -0.508 e. The number of halogens is 1. The second-order valence-electron chi connectivity index (χ2n) is 3.34. The Balaban J connectivity index is 2.75. The molecule has 0 saturated carbocycles. The van der Waals surface area contributed by atoms with Gasteiger partial charge in [-0.2, -0.15) is 0 Å². The molecule has 0 unspecified atom stereocenters. The largest absolute Gasteiger partial charge is 0.508 e. The Morgan fingerprint density at radius 2 is 2.00 bits per heavy atom. The third-order valence-corrected chi connectivity index (χ3v) is 3.02. The van der Waals surface area contributed by atoms with Crippen molar-refractivity contribution in [2.75, 3.05) is 0 Å². The van der Waals surface area contributed by atoms with Crippen molar-refractivity contribution in [3.8, 4) is 5.75 Å². The van der Waals surface area contributed by atoms with Gasteiger partial charge in [-0.25, -0.2) is 0 Å². The van der Waals surface area contributed by atoms with Crippen LogP contribution in [0.4, 0.5) is 0 Å². The quantitative estimate of drug-likeness (QED) is 0.815. The molecule has 1 N–H and O–H groups in total. The van der Waals surface area contributed by atoms with Gasteiger partial charge in [0.2, 0.25) is 0 Å². The van der Waals surface area contributed by atoms with Crippen LogP contribution in [0.5, 0.6) is 5.75 Å². The van der Waals surface area contributed by atoms with Gasteiger partial charge in [0.15, 0.2) is 0 Å². The SMILES string of the molecule is CCc1ccc2c(Br)cc(O)cc2c1. The van der Waals surface area contributed by atoms with E-state index < -0.39 is 0 Å². The van der Waals surface area contributed by atoms with Crippen LogP contribution < -0.4 is 0 Å². The summed E-state index contributed by atoms with van der Waals surface area (Å²) in [5.41, 5.74) is 1.29. The molecular weight excluding hydrogens is 240 g/mol. The molecule has 0 aliphatic carbocycles. The van der Waals surface area contributed by atoms with Crippen molar-refractivity contribution < 1.29 is 5.11 Å². The average molecular weight is 251 g/mol. The molecule has 72 valence electrons. The fourth-order valence-electron chi connectivity index (χ4n) is 1.58. The molecule has 0 aromatic heterocycles. The van der Waals surface area contributed by atoms with Crippen molar-refractivity contribution in [2.24, 2.45) is 0 Å². The Kier molecular flexibility index (Phi) is 2.46. The molecule has 0 heterocycles. The lowest BCUT2D eigenvalue weighted by atomic mass is 10.1. The van der Waals surface area contributed by atoms with Crippen molar-refractivity contribution in [1.29, 1.82) is 0 Å². The zero-order valence-electron chi connectivity index (χ0n) is 7.92. The van der Waals surface area contributed by atoms with Crippen LogP contribution in [0.2, 0.25) is 0 Å². The Labute approximate surface area is 91.5 Å². The van der Waals surface area contributed by atoms with Crippen LogP contribution in [0.3, 0.4) is 0 Å². The molecule has 0 aliphatic rings. The van der Waals surface area contributed by atoms with Gasteiger partial charge in [-0.1, -0.05) is 41.1 Å². The normalized spacial score (nSPS) is 10.7. The number of phenolic OH excluding ortho intramolecular Hbond substituents is 1. The van der Waals surface area contributed by atoms with Crippen molar-refractivity contribution in [3.63, 3.8) is 0 Å². The lowest BCUT2D eigenvalue weighted by Gasteiger charge is -2.04. The molecule has 2 aromatic rings. The van der Waals surface area contributed by atoms with Gasteiger partial charge in [0, 0.05) is 4.47 Å². The van der Waals surface area contributed by atoms with Crippen LogP contribution in [0.1, 0.15) is 12.5 Å². The summed E-state index contributed by atoms with van der Waals surface area (Å²) in [6.45, 7) is 2.12. The van der Waals surface area contributed by atoms with Gasteiger partial charge in [-0.15, -0.1) is 0 Å². The first-order valence-corrected chi connectivity index (χ1v) is 5.41. The maximum atomic E-state index is 9.44. The van der Waals surface area contributed by atoms with Gasteiger partial charge >= 0.3 is 0 Å². The summed E-state index contributed by atoms with van der Waals surface area (Å²) >= 11 is 3.43. The van der Waals surface area contributed by atoms with Crippen LogP contribution in [-0.4, -0.2) is 5.11 Å². The van der Waals surface area contributed by atoms with E-state index in [-0.39, 0.29) is 0 Å². The predicted molar refractivity (Wildman–Crippen MR) is 62.7 cm³/mol. The number of benzene rings is 2. The number of rotatable bonds is 1. The number of phenols is 1. The highest BCUT2D eigenvalue weighted by atomic mass is 79.9. The standard InChI is InChI=1S/C12H11BrO/c1-2-8-3-4-11-9(5-8)6-10(14)7-12(11)13/h3-7,14H,2H2,1H3. The molecule has 0 saturated heterocycles. The van der Waals surface area contributed by atoms with Gasteiger partial charge in [-0.05, 0) is 34.9 Å². The summed E-state index contributed by atoms with van der Waals surface area (Å²) in [5.74, 6) is 0.303. The third kappa shape index (κ3) is 1.62. The molecule has 1 nitrogen and oxygen atoms in total. The monoisotopic (exact) mass is 250 g/mol. The van der Waals surface area contributed by atoms with Crippen molar-refractivity contribution in [2.45, 2.75) is 13.3 Å². The Morgan fingerprint density at radius 3 is 2.71 bits per heavy atom. The van der Waals surface area contributed by atoms with E-state index >= 15 is 0 Å². The Bertz CT molecular complexity index is 477. The molecule has 2 aromatic carbocycles. The Morgan fingerprint density at radius 1 is 1.21 bits per heavy atom. The highest BCUT2D eigenvalue weighted by molar-refractivity contribution is 9.10. The number of aryl methyl sites for hydroxylation is 1. The molecule has 14 heavy (non-hydrogen) atoms. The molecule has 2 rings (SSSR count). The molecule has 0 fully saturated rings. The minimum absolute atomic E-state index is 0.303. The summed E-state index contributed by atoms with van der Waals surface area (Å²) in [6.07, 6.45) is 1.02. The smallest absolute Gasteiger partial charge is 0.117 e. The minimum atomic E-state index is 0.303. The van der Waals surface area contributed by atoms with E-state index in [2.05, 4.69) is 41.1 Å². The number of aromatic hydroxyl groups is 1. The van der Waals surface area contributed by atoms with Crippen molar-refractivity contribution in [1.82, 2.24) is 0 Å². The lowest BCUT2D eigenvalue weighted by Crippen LogP contribution is -1.81. The zero-order chi connectivity index (χ0) is 10.1. The second kappa shape index (κ2) is 3.62. The summed E-state index contributed by atoms with van der Waals surface area (Å²) in [5, 5.41) is 11.7. The van der Waals surface area contributed by atoms with Crippen LogP contribution in [-0.2, 0) is 6.42 Å². The van der Waals surface area contributed by atoms with Gasteiger partial charge < -0.3 is 5.11 Å². The highest BCUT2D eigenvalue weighted by Crippen LogP contribution is 2.29. The van der Waals surface area contributed by atoms with Gasteiger partial charge in [0.1, 0.15) is 5.75 Å². The predicted octanol–water partition coefficient (Wildman–Crippen LogP) is 3.87. The van der Waals surface area contributed by atoms with E-state index in [1.54, 1.807) is 12.1 Å². The molecule has 0 bridgehead atoms. The van der Waals surface area contributed by atoms with Crippen LogP contribution in [0.25, 0.3) is 10.8 Å². The van der Waals surface area contributed by atoms with E-state index in [1.165, 1.54) is 5.56 Å². The molecule has 0 amide bonds. The number of fused-ring (bicyclic) bond motifs is 1. The fraction of sp³-hybridized carbons (Fsp3) is 0.167. The first kappa shape index (κ1) is 9.53. The second-order valence-corrected chi connectivity index (χ2v) is 4.19. The van der Waals surface area contributed by atoms with Crippen LogP contribution in [0, 0.1) is 0 Å². The van der Waals surface area contributed by atoms with Gasteiger partial charge in [-0.3, -0.25) is 0 Å². The summed E-state index contributed by atoms with van der Waals surface area (Å²) in [6, 6.07) is 9.81. The molecule has 2 heteroatoms. The zero-order valence-corrected chi connectivity index (χ0v) is 9.51. The van der Waals surface area contributed by atoms with E-state index in [4.69, 9.17) is 0 Å². The summed E-state index contributed by atoms with van der Waals surface area (Å²) < 4.78 is 0.940. The Hall–Kier alpha value is -1.02. The number of hydrogen-bond acceptors (Lipinski definition) is 1. The molecule has 0 spiro atoms. The average Bonchev–Trinajstić information content (AvgIpc) is 2.16. The van der Waals surface area contributed by atoms with E-state index in [9.17, 15) is 5.11 Å². The van der Waals surface area contributed by atoms with E-state index in [1.807, 2.05) is 0 Å². The topological polar surface area (TPSA) is 20.2 Å². The number of hydrogen-bond donors (Lipinski definition) is 1. The van der Waals surface area contributed by atoms with Gasteiger partial charge in [0.25, 0.3) is 0 Å². The summed E-state index contributed by atoms with van der Waals surface area (Å²) in [7, 11) is 0. The van der Waals surface area contributed by atoms with E-state index in [0.29, 0.717) is 5.75 Å². The third-order valence-electron chi connectivity index (χ3n) is 2.36. The van der Waals surface area contributed by atoms with Crippen molar-refractivity contribution in [3.05, 3.63) is 40.4 Å². The van der Waals surface area contributed by atoms with E-state index in [0.717, 1.165) is 21.7 Å². The lowest BCUT2D eigenvalue weighted by molar-refractivity contribution is 0.476. The first-order chi connectivity index (χ1) is 6.70. The van der Waals surface area contributed by atoms with Gasteiger partial charge in [0.05, 0.1) is 0 Å². The summed E-state index contributed by atoms with van der Waals surface area (Å²) in [4.78, 5) is 0. The molecular formula is C12H11BrO. The maximum absolute atomic E-state index is 9.44. The molecule has 0 aliphatic heterocycles. The molecule has 0 radical (unpaired) electrons.